The minimum Gasteiger partial charge on any atom is -0.396 e. The molecule has 2 rings (SSSR count). The number of nitrogens with zero attached hydrogens (tertiary/aromatic N) is 1. The fourth-order valence-corrected chi connectivity index (χ4v) is 2.61. The highest BCUT2D eigenvalue weighted by Crippen LogP contribution is 2.30. The van der Waals surface area contributed by atoms with Crippen LogP contribution in [-0.2, 0) is 0 Å². The summed E-state index contributed by atoms with van der Waals surface area (Å²) < 4.78 is 13.9. The van der Waals surface area contributed by atoms with Crippen LogP contribution in [0, 0.1) is 5.82 Å². The summed E-state index contributed by atoms with van der Waals surface area (Å²) in [7, 11) is 0. The predicted molar refractivity (Wildman–Crippen MR) is 68.5 cm³/mol. The SMILES string of the molecule is O=Cc1ccc(N2CCCC2CCCO)c(F)c1. The normalized spacial score (nSPS) is 19.2. The van der Waals surface area contributed by atoms with Crippen LogP contribution in [0.15, 0.2) is 18.2 Å². The molecule has 1 atom stereocenters. The van der Waals surface area contributed by atoms with Gasteiger partial charge in [0.25, 0.3) is 0 Å². The number of benzene rings is 1. The van der Waals surface area contributed by atoms with Crippen molar-refractivity contribution in [2.24, 2.45) is 0 Å². The van der Waals surface area contributed by atoms with Gasteiger partial charge in [0.15, 0.2) is 0 Å². The molecule has 1 aliphatic rings. The Morgan fingerprint density at radius 1 is 1.50 bits per heavy atom. The van der Waals surface area contributed by atoms with E-state index >= 15 is 0 Å². The van der Waals surface area contributed by atoms with E-state index in [1.54, 1.807) is 12.1 Å². The maximum Gasteiger partial charge on any atom is 0.150 e. The van der Waals surface area contributed by atoms with Crippen LogP contribution in [0.5, 0.6) is 0 Å². The molecule has 0 aromatic heterocycles. The largest absolute Gasteiger partial charge is 0.396 e. The molecule has 0 aliphatic carbocycles. The van der Waals surface area contributed by atoms with Crippen molar-refractivity contribution in [3.8, 4) is 0 Å². The second kappa shape index (κ2) is 5.96. The Balaban J connectivity index is 2.16. The molecule has 18 heavy (non-hydrogen) atoms. The van der Waals surface area contributed by atoms with Crippen molar-refractivity contribution in [2.75, 3.05) is 18.1 Å². The lowest BCUT2D eigenvalue weighted by Crippen LogP contribution is -2.30. The molecule has 1 N–H and O–H groups in total. The molecule has 1 aliphatic heterocycles. The molecule has 3 nitrogen and oxygen atoms in total. The zero-order chi connectivity index (χ0) is 13.0. The summed E-state index contributed by atoms with van der Waals surface area (Å²) in [6.07, 6.45) is 4.36. The first kappa shape index (κ1) is 13.0. The molecule has 0 radical (unpaired) electrons. The maximum atomic E-state index is 13.9. The number of halogens is 1. The average Bonchev–Trinajstić information content (AvgIpc) is 2.84. The van der Waals surface area contributed by atoms with E-state index in [0.29, 0.717) is 23.6 Å². The van der Waals surface area contributed by atoms with Gasteiger partial charge in [0.2, 0.25) is 0 Å². The first-order chi connectivity index (χ1) is 8.76. The van der Waals surface area contributed by atoms with Crippen molar-refractivity contribution in [1.29, 1.82) is 0 Å². The van der Waals surface area contributed by atoms with Gasteiger partial charge >= 0.3 is 0 Å². The quantitative estimate of drug-likeness (QED) is 0.817. The summed E-state index contributed by atoms with van der Waals surface area (Å²) >= 11 is 0. The second-order valence-electron chi connectivity index (χ2n) is 4.68. The minimum absolute atomic E-state index is 0.177. The molecule has 4 heteroatoms. The smallest absolute Gasteiger partial charge is 0.150 e. The van der Waals surface area contributed by atoms with Crippen molar-refractivity contribution < 1.29 is 14.3 Å². The first-order valence-electron chi connectivity index (χ1n) is 6.38. The third-order valence-corrected chi connectivity index (χ3v) is 3.49. The Hall–Kier alpha value is -1.42. The van der Waals surface area contributed by atoms with E-state index in [-0.39, 0.29) is 12.4 Å². The van der Waals surface area contributed by atoms with Crippen molar-refractivity contribution in [1.82, 2.24) is 0 Å². The Labute approximate surface area is 106 Å². The number of rotatable bonds is 5. The summed E-state index contributed by atoms with van der Waals surface area (Å²) in [5.74, 6) is -0.338. The van der Waals surface area contributed by atoms with Crippen molar-refractivity contribution in [3.63, 3.8) is 0 Å². The zero-order valence-corrected chi connectivity index (χ0v) is 10.3. The number of hydrogen-bond donors (Lipinski definition) is 1. The summed E-state index contributed by atoms with van der Waals surface area (Å²) in [5, 5.41) is 8.87. The Kier molecular flexibility index (Phi) is 4.31. The number of aldehydes is 1. The minimum atomic E-state index is -0.338. The third kappa shape index (κ3) is 2.70. The van der Waals surface area contributed by atoms with E-state index in [2.05, 4.69) is 4.90 Å². The molecule has 1 unspecified atom stereocenters. The molecular formula is C14H18FNO2. The van der Waals surface area contributed by atoms with Gasteiger partial charge in [0.05, 0.1) is 5.69 Å². The van der Waals surface area contributed by atoms with E-state index in [0.717, 1.165) is 32.2 Å². The summed E-state index contributed by atoms with van der Waals surface area (Å²) in [6, 6.07) is 4.90. The van der Waals surface area contributed by atoms with E-state index in [1.165, 1.54) is 6.07 Å². The lowest BCUT2D eigenvalue weighted by Gasteiger charge is -2.27. The molecule has 1 heterocycles. The standard InChI is InChI=1S/C14H18FNO2/c15-13-9-11(10-18)5-6-14(13)16-7-1-3-12(16)4-2-8-17/h5-6,9-10,12,17H,1-4,7-8H2. The van der Waals surface area contributed by atoms with Crippen LogP contribution in [-0.4, -0.2) is 30.6 Å². The van der Waals surface area contributed by atoms with Crippen LogP contribution in [0.3, 0.4) is 0 Å². The van der Waals surface area contributed by atoms with Gasteiger partial charge < -0.3 is 10.0 Å². The van der Waals surface area contributed by atoms with Crippen molar-refractivity contribution >= 4 is 12.0 Å². The fourth-order valence-electron chi connectivity index (χ4n) is 2.61. The van der Waals surface area contributed by atoms with E-state index in [4.69, 9.17) is 5.11 Å². The second-order valence-corrected chi connectivity index (χ2v) is 4.68. The molecular weight excluding hydrogens is 233 g/mol. The predicted octanol–water partition coefficient (Wildman–Crippen LogP) is 2.38. The highest BCUT2D eigenvalue weighted by molar-refractivity contribution is 5.76. The average molecular weight is 251 g/mol. The number of anilines is 1. The molecule has 1 aromatic rings. The van der Waals surface area contributed by atoms with E-state index in [9.17, 15) is 9.18 Å². The molecule has 1 aromatic carbocycles. The van der Waals surface area contributed by atoms with Gasteiger partial charge in [-0.15, -0.1) is 0 Å². The number of aliphatic hydroxyl groups is 1. The third-order valence-electron chi connectivity index (χ3n) is 3.49. The highest BCUT2D eigenvalue weighted by Gasteiger charge is 2.26. The zero-order valence-electron chi connectivity index (χ0n) is 10.3. The summed E-state index contributed by atoms with van der Waals surface area (Å²) in [4.78, 5) is 12.6. The fraction of sp³-hybridized carbons (Fsp3) is 0.500. The summed E-state index contributed by atoms with van der Waals surface area (Å²) in [6.45, 7) is 1.02. The van der Waals surface area contributed by atoms with Gasteiger partial charge in [-0.25, -0.2) is 4.39 Å². The molecule has 98 valence electrons. The molecule has 0 spiro atoms. The number of hydrogen-bond acceptors (Lipinski definition) is 3. The van der Waals surface area contributed by atoms with Crippen molar-refractivity contribution in [2.45, 2.75) is 31.7 Å². The Bertz CT molecular complexity index is 422. The van der Waals surface area contributed by atoms with Crippen LogP contribution in [0.25, 0.3) is 0 Å². The van der Waals surface area contributed by atoms with Gasteiger partial charge in [-0.05, 0) is 43.9 Å². The first-order valence-corrected chi connectivity index (χ1v) is 6.38. The van der Waals surface area contributed by atoms with Gasteiger partial charge in [-0.3, -0.25) is 4.79 Å². The van der Waals surface area contributed by atoms with E-state index < -0.39 is 0 Å². The molecule has 1 saturated heterocycles. The van der Waals surface area contributed by atoms with Gasteiger partial charge in [0.1, 0.15) is 12.1 Å². The monoisotopic (exact) mass is 251 g/mol. The molecule has 0 amide bonds. The Morgan fingerprint density at radius 3 is 3.00 bits per heavy atom. The molecule has 1 fully saturated rings. The lowest BCUT2D eigenvalue weighted by atomic mass is 10.1. The Morgan fingerprint density at radius 2 is 2.33 bits per heavy atom. The van der Waals surface area contributed by atoms with Crippen LogP contribution in [0.1, 0.15) is 36.0 Å². The maximum absolute atomic E-state index is 13.9. The molecule has 0 bridgehead atoms. The number of carbonyl (C=O) groups is 1. The molecule has 0 saturated carbocycles. The summed E-state index contributed by atoms with van der Waals surface area (Å²) in [5.41, 5.74) is 0.934. The van der Waals surface area contributed by atoms with Crippen molar-refractivity contribution in [3.05, 3.63) is 29.6 Å². The van der Waals surface area contributed by atoms with Gasteiger partial charge in [-0.1, -0.05) is 0 Å². The lowest BCUT2D eigenvalue weighted by molar-refractivity contribution is 0.112. The number of carbonyl (C=O) groups excluding carboxylic acids is 1. The number of aliphatic hydroxyl groups excluding tert-OH is 1. The topological polar surface area (TPSA) is 40.5 Å². The van der Waals surface area contributed by atoms with E-state index in [1.807, 2.05) is 0 Å². The van der Waals surface area contributed by atoms with Gasteiger partial charge in [0, 0.05) is 24.8 Å². The highest BCUT2D eigenvalue weighted by atomic mass is 19.1. The van der Waals surface area contributed by atoms with Gasteiger partial charge in [-0.2, -0.15) is 0 Å². The van der Waals surface area contributed by atoms with Crippen LogP contribution in [0.4, 0.5) is 10.1 Å². The van der Waals surface area contributed by atoms with Crippen LogP contribution in [0.2, 0.25) is 0 Å². The van der Waals surface area contributed by atoms with Crippen LogP contribution >= 0.6 is 0 Å². The van der Waals surface area contributed by atoms with Crippen LogP contribution < -0.4 is 4.90 Å².